The minimum Gasteiger partial charge on any atom is -0.480 e. The molecular weight excluding hydrogens is 286 g/mol. The van der Waals surface area contributed by atoms with Crippen molar-refractivity contribution in [2.24, 2.45) is 0 Å². The van der Waals surface area contributed by atoms with Crippen LogP contribution < -0.4 is 4.74 Å². The predicted octanol–water partition coefficient (Wildman–Crippen LogP) is 4.54. The minimum atomic E-state index is -0.361. The number of carbonyl (C=O) groups is 1. The van der Waals surface area contributed by atoms with Crippen LogP contribution in [-0.2, 0) is 12.0 Å². The molecule has 116 valence electrons. The number of para-hydroxylation sites is 1. The molecule has 3 heteroatoms. The van der Waals surface area contributed by atoms with Crippen LogP contribution >= 0.6 is 0 Å². The summed E-state index contributed by atoms with van der Waals surface area (Å²) in [5.41, 5.74) is 2.74. The second kappa shape index (κ2) is 4.98. The maximum atomic E-state index is 12.1. The van der Waals surface area contributed by atoms with Gasteiger partial charge in [-0.25, -0.2) is 0 Å². The summed E-state index contributed by atoms with van der Waals surface area (Å²) in [4.78, 5) is 12.1. The van der Waals surface area contributed by atoms with Gasteiger partial charge in [-0.3, -0.25) is 9.36 Å². The van der Waals surface area contributed by atoms with E-state index in [1.807, 2.05) is 42.5 Å². The Kier molecular flexibility index (Phi) is 3.05. The van der Waals surface area contributed by atoms with Gasteiger partial charge in [-0.05, 0) is 37.5 Å². The molecular formula is C20H19NO2. The molecule has 2 aromatic carbocycles. The van der Waals surface area contributed by atoms with Gasteiger partial charge in [0, 0.05) is 12.3 Å². The van der Waals surface area contributed by atoms with Crippen LogP contribution in [0.25, 0.3) is 10.9 Å². The van der Waals surface area contributed by atoms with Crippen molar-refractivity contribution in [2.75, 3.05) is 0 Å². The molecule has 0 saturated carbocycles. The van der Waals surface area contributed by atoms with E-state index >= 15 is 0 Å². The van der Waals surface area contributed by atoms with Gasteiger partial charge < -0.3 is 4.74 Å². The van der Waals surface area contributed by atoms with Gasteiger partial charge >= 0.3 is 0 Å². The highest BCUT2D eigenvalue weighted by Gasteiger charge is 2.37. The Morgan fingerprint density at radius 3 is 2.52 bits per heavy atom. The standard InChI is InChI=1S/C20H19NO2/c1-14(22)21-17-11-7-6-10-16(17)19-18(21)12-13-20(2,23-19)15-8-4-3-5-9-15/h3-11H,12-13H2,1-2H3. The number of fused-ring (bicyclic) bond motifs is 3. The zero-order chi connectivity index (χ0) is 16.0. The van der Waals surface area contributed by atoms with Gasteiger partial charge in [0.15, 0.2) is 0 Å². The molecule has 0 N–H and O–H groups in total. The zero-order valence-electron chi connectivity index (χ0n) is 13.4. The van der Waals surface area contributed by atoms with Crippen LogP contribution in [-0.4, -0.2) is 10.5 Å². The summed E-state index contributed by atoms with van der Waals surface area (Å²) in [6.45, 7) is 3.74. The molecule has 1 aromatic heterocycles. The number of carbonyl (C=O) groups excluding carboxylic acids is 1. The van der Waals surface area contributed by atoms with E-state index in [1.54, 1.807) is 11.5 Å². The average Bonchev–Trinajstić information content (AvgIpc) is 2.89. The van der Waals surface area contributed by atoms with E-state index in [0.29, 0.717) is 0 Å². The summed E-state index contributed by atoms with van der Waals surface area (Å²) in [6.07, 6.45) is 1.68. The lowest BCUT2D eigenvalue weighted by molar-refractivity contribution is 0.0619. The number of rotatable bonds is 1. The Bertz CT molecular complexity index is 895. The van der Waals surface area contributed by atoms with Crippen molar-refractivity contribution >= 4 is 16.8 Å². The second-order valence-electron chi connectivity index (χ2n) is 6.35. The molecule has 1 unspecified atom stereocenters. The van der Waals surface area contributed by atoms with Crippen LogP contribution in [0, 0.1) is 0 Å². The molecule has 1 aliphatic rings. The lowest BCUT2D eigenvalue weighted by atomic mass is 9.88. The summed E-state index contributed by atoms with van der Waals surface area (Å²) in [5.74, 6) is 0.891. The van der Waals surface area contributed by atoms with E-state index < -0.39 is 0 Å². The number of aromatic nitrogens is 1. The molecule has 0 bridgehead atoms. The summed E-state index contributed by atoms with van der Waals surface area (Å²) in [7, 11) is 0. The fourth-order valence-electron chi connectivity index (χ4n) is 3.59. The summed E-state index contributed by atoms with van der Waals surface area (Å²) < 4.78 is 8.28. The fraction of sp³-hybridized carbons (Fsp3) is 0.250. The zero-order valence-corrected chi connectivity index (χ0v) is 13.4. The molecule has 1 atom stereocenters. The Morgan fingerprint density at radius 2 is 1.78 bits per heavy atom. The van der Waals surface area contributed by atoms with Gasteiger partial charge in [0.25, 0.3) is 0 Å². The summed E-state index contributed by atoms with van der Waals surface area (Å²) in [6, 6.07) is 18.3. The molecule has 0 fully saturated rings. The van der Waals surface area contributed by atoms with Crippen molar-refractivity contribution < 1.29 is 9.53 Å². The second-order valence-corrected chi connectivity index (χ2v) is 6.35. The Labute approximate surface area is 135 Å². The third-order valence-electron chi connectivity index (χ3n) is 4.79. The van der Waals surface area contributed by atoms with Crippen molar-refractivity contribution in [3.05, 3.63) is 65.9 Å². The summed E-state index contributed by atoms with van der Waals surface area (Å²) >= 11 is 0. The van der Waals surface area contributed by atoms with Gasteiger partial charge in [0.05, 0.1) is 11.2 Å². The van der Waals surface area contributed by atoms with Crippen LogP contribution in [0.4, 0.5) is 0 Å². The number of hydrogen-bond donors (Lipinski definition) is 0. The first-order valence-electron chi connectivity index (χ1n) is 7.98. The average molecular weight is 305 g/mol. The molecule has 0 radical (unpaired) electrons. The van der Waals surface area contributed by atoms with Crippen molar-refractivity contribution in [1.29, 1.82) is 0 Å². The van der Waals surface area contributed by atoms with Crippen molar-refractivity contribution in [2.45, 2.75) is 32.3 Å². The number of ether oxygens (including phenoxy) is 1. The van der Waals surface area contributed by atoms with Gasteiger partial charge in [-0.1, -0.05) is 42.5 Å². The SMILES string of the molecule is CC(=O)n1c2c(c3ccccc31)OC(C)(c1ccccc1)CC2. The Hall–Kier alpha value is -2.55. The molecule has 3 nitrogen and oxygen atoms in total. The van der Waals surface area contributed by atoms with Gasteiger partial charge in [0.2, 0.25) is 5.91 Å². The molecule has 0 saturated heterocycles. The van der Waals surface area contributed by atoms with Crippen LogP contribution in [0.1, 0.15) is 36.3 Å². The minimum absolute atomic E-state index is 0.0364. The van der Waals surface area contributed by atoms with Crippen molar-refractivity contribution in [1.82, 2.24) is 4.57 Å². The molecule has 23 heavy (non-hydrogen) atoms. The van der Waals surface area contributed by atoms with E-state index in [9.17, 15) is 4.79 Å². The predicted molar refractivity (Wildman–Crippen MR) is 91.0 cm³/mol. The Morgan fingerprint density at radius 1 is 1.09 bits per heavy atom. The first-order valence-corrected chi connectivity index (χ1v) is 7.98. The highest BCUT2D eigenvalue weighted by molar-refractivity contribution is 5.97. The van der Waals surface area contributed by atoms with Crippen molar-refractivity contribution in [3.63, 3.8) is 0 Å². The third-order valence-corrected chi connectivity index (χ3v) is 4.79. The molecule has 2 heterocycles. The third kappa shape index (κ3) is 2.07. The first kappa shape index (κ1) is 14.1. The van der Waals surface area contributed by atoms with E-state index in [-0.39, 0.29) is 11.5 Å². The molecule has 0 spiro atoms. The van der Waals surface area contributed by atoms with E-state index in [4.69, 9.17) is 4.74 Å². The molecule has 1 aliphatic heterocycles. The monoisotopic (exact) mass is 305 g/mol. The molecule has 0 amide bonds. The number of benzene rings is 2. The van der Waals surface area contributed by atoms with Gasteiger partial charge in [-0.15, -0.1) is 0 Å². The van der Waals surface area contributed by atoms with Crippen LogP contribution in [0.2, 0.25) is 0 Å². The van der Waals surface area contributed by atoms with E-state index in [0.717, 1.165) is 35.2 Å². The quantitative estimate of drug-likeness (QED) is 0.661. The molecule has 3 aromatic rings. The molecule has 4 rings (SSSR count). The maximum Gasteiger partial charge on any atom is 0.228 e. The van der Waals surface area contributed by atoms with E-state index in [1.165, 1.54) is 5.56 Å². The largest absolute Gasteiger partial charge is 0.480 e. The van der Waals surface area contributed by atoms with Crippen LogP contribution in [0.5, 0.6) is 5.75 Å². The number of nitrogens with zero attached hydrogens (tertiary/aromatic N) is 1. The fourth-order valence-corrected chi connectivity index (χ4v) is 3.59. The molecule has 0 aliphatic carbocycles. The number of hydrogen-bond acceptors (Lipinski definition) is 2. The maximum absolute atomic E-state index is 12.1. The summed E-state index contributed by atoms with van der Waals surface area (Å²) in [5, 5.41) is 1.01. The first-order chi connectivity index (χ1) is 11.1. The van der Waals surface area contributed by atoms with E-state index in [2.05, 4.69) is 19.1 Å². The van der Waals surface area contributed by atoms with Crippen LogP contribution in [0.3, 0.4) is 0 Å². The smallest absolute Gasteiger partial charge is 0.228 e. The highest BCUT2D eigenvalue weighted by atomic mass is 16.5. The van der Waals surface area contributed by atoms with Gasteiger partial charge in [-0.2, -0.15) is 0 Å². The normalized spacial score (nSPS) is 20.1. The lowest BCUT2D eigenvalue weighted by Crippen LogP contribution is -2.34. The van der Waals surface area contributed by atoms with Gasteiger partial charge in [0.1, 0.15) is 11.4 Å². The highest BCUT2D eigenvalue weighted by Crippen LogP contribution is 2.44. The van der Waals surface area contributed by atoms with Crippen LogP contribution in [0.15, 0.2) is 54.6 Å². The Balaban J connectivity index is 1.90. The lowest BCUT2D eigenvalue weighted by Gasteiger charge is -2.35. The topological polar surface area (TPSA) is 31.2 Å². The van der Waals surface area contributed by atoms with Crippen molar-refractivity contribution in [3.8, 4) is 5.75 Å².